The number of halogens is 2. The Morgan fingerprint density at radius 3 is 2.62 bits per heavy atom. The zero-order valence-corrected chi connectivity index (χ0v) is 18.2. The van der Waals surface area contributed by atoms with Crippen molar-refractivity contribution in [1.82, 2.24) is 4.90 Å². The summed E-state index contributed by atoms with van der Waals surface area (Å²) in [5.74, 6) is 0.973. The summed E-state index contributed by atoms with van der Waals surface area (Å²) in [7, 11) is 1.59. The minimum atomic E-state index is -2.95. The van der Waals surface area contributed by atoms with Crippen LogP contribution in [-0.4, -0.2) is 37.2 Å². The summed E-state index contributed by atoms with van der Waals surface area (Å²) in [5.41, 5.74) is 2.13. The molecule has 0 bridgehead atoms. The lowest BCUT2D eigenvalue weighted by Gasteiger charge is -2.22. The third-order valence-electron chi connectivity index (χ3n) is 5.46. The molecule has 0 saturated heterocycles. The van der Waals surface area contributed by atoms with Crippen molar-refractivity contribution in [2.45, 2.75) is 45.9 Å². The van der Waals surface area contributed by atoms with Crippen LogP contribution in [0.2, 0.25) is 0 Å². The smallest absolute Gasteiger partial charge is 0.387 e. The van der Waals surface area contributed by atoms with Crippen LogP contribution in [0.3, 0.4) is 0 Å². The van der Waals surface area contributed by atoms with E-state index in [1.54, 1.807) is 43.2 Å². The predicted molar refractivity (Wildman–Crippen MR) is 115 cm³/mol. The van der Waals surface area contributed by atoms with E-state index < -0.39 is 6.61 Å². The molecule has 32 heavy (non-hydrogen) atoms. The Morgan fingerprint density at radius 2 is 1.97 bits per heavy atom. The van der Waals surface area contributed by atoms with Gasteiger partial charge in [-0.1, -0.05) is 6.07 Å². The van der Waals surface area contributed by atoms with Crippen LogP contribution >= 0.6 is 0 Å². The summed E-state index contributed by atoms with van der Waals surface area (Å²) < 4.78 is 46.6. The van der Waals surface area contributed by atoms with Gasteiger partial charge in [-0.2, -0.15) is 8.78 Å². The van der Waals surface area contributed by atoms with Gasteiger partial charge in [-0.3, -0.25) is 4.79 Å². The first-order valence-electron chi connectivity index (χ1n) is 10.5. The summed E-state index contributed by atoms with van der Waals surface area (Å²) >= 11 is 0. The van der Waals surface area contributed by atoms with Gasteiger partial charge in [0.05, 0.1) is 13.7 Å². The fourth-order valence-electron chi connectivity index (χ4n) is 3.72. The third kappa shape index (κ3) is 4.49. The molecule has 1 amide bonds. The maximum atomic E-state index is 13.4. The molecule has 0 atom stereocenters. The third-order valence-corrected chi connectivity index (χ3v) is 5.46. The topological polar surface area (TPSA) is 61.1 Å². The Labute approximate surface area is 184 Å². The van der Waals surface area contributed by atoms with Gasteiger partial charge in [0.25, 0.3) is 5.91 Å². The number of rotatable bonds is 9. The lowest BCUT2D eigenvalue weighted by Crippen LogP contribution is -2.32. The van der Waals surface area contributed by atoms with E-state index in [4.69, 9.17) is 13.9 Å². The lowest BCUT2D eigenvalue weighted by atomic mass is 10.1. The lowest BCUT2D eigenvalue weighted by molar-refractivity contribution is -0.0514. The number of nitrogens with zero attached hydrogens (tertiary/aromatic N) is 1. The van der Waals surface area contributed by atoms with Crippen LogP contribution in [0.4, 0.5) is 8.78 Å². The zero-order chi connectivity index (χ0) is 22.8. The van der Waals surface area contributed by atoms with Gasteiger partial charge in [0.1, 0.15) is 11.3 Å². The monoisotopic (exact) mass is 445 g/mol. The largest absolute Gasteiger partial charge is 0.497 e. The van der Waals surface area contributed by atoms with Gasteiger partial charge in [0.15, 0.2) is 17.3 Å². The Balaban J connectivity index is 1.62. The van der Waals surface area contributed by atoms with Crippen molar-refractivity contribution >= 4 is 16.9 Å². The predicted octanol–water partition coefficient (Wildman–Crippen LogP) is 5.55. The molecule has 1 aromatic heterocycles. The van der Waals surface area contributed by atoms with Gasteiger partial charge in [-0.15, -0.1) is 0 Å². The van der Waals surface area contributed by atoms with Crippen LogP contribution in [0.5, 0.6) is 17.2 Å². The van der Waals surface area contributed by atoms with E-state index in [9.17, 15) is 13.6 Å². The molecule has 0 aliphatic heterocycles. The number of alkyl halides is 2. The number of carbonyl (C=O) groups excluding carboxylic acids is 1. The highest BCUT2D eigenvalue weighted by atomic mass is 19.3. The van der Waals surface area contributed by atoms with Crippen molar-refractivity contribution in [3.63, 3.8) is 0 Å². The molecule has 8 heteroatoms. The summed E-state index contributed by atoms with van der Waals surface area (Å²) in [4.78, 5) is 15.2. The Hall–Kier alpha value is -3.29. The molecule has 1 aliphatic carbocycles. The molecule has 0 unspecified atom stereocenters. The molecule has 1 fully saturated rings. The molecule has 6 nitrogen and oxygen atoms in total. The Morgan fingerprint density at radius 1 is 1.19 bits per heavy atom. The average molecular weight is 445 g/mol. The second kappa shape index (κ2) is 9.06. The zero-order valence-electron chi connectivity index (χ0n) is 18.2. The maximum absolute atomic E-state index is 13.4. The van der Waals surface area contributed by atoms with Crippen molar-refractivity contribution in [2.24, 2.45) is 0 Å². The van der Waals surface area contributed by atoms with Crippen LogP contribution in [0.15, 0.2) is 40.8 Å². The standard InChI is InChI=1S/C24H25F2NO5/c1-4-30-21-11-15(5-9-20(21)32-24(25)26)13-27(16-6-7-16)23(28)22-14(2)18-12-17(29-3)8-10-19(18)31-22/h5,8-12,16,24H,4,6-7,13H2,1-3H3. The van der Waals surface area contributed by atoms with Crippen LogP contribution in [0.25, 0.3) is 11.0 Å². The molecular weight excluding hydrogens is 420 g/mol. The minimum Gasteiger partial charge on any atom is -0.497 e. The molecule has 1 aliphatic rings. The number of amides is 1. The van der Waals surface area contributed by atoms with E-state index in [1.807, 2.05) is 13.0 Å². The van der Waals surface area contributed by atoms with Crippen molar-refractivity contribution in [3.05, 3.63) is 53.3 Å². The van der Waals surface area contributed by atoms with Crippen LogP contribution in [0.1, 0.15) is 41.4 Å². The first-order chi connectivity index (χ1) is 15.4. The molecule has 0 N–H and O–H groups in total. The number of ether oxygens (including phenoxy) is 3. The molecule has 170 valence electrons. The fraction of sp³-hybridized carbons (Fsp3) is 0.375. The van der Waals surface area contributed by atoms with Crippen LogP contribution in [0, 0.1) is 6.92 Å². The van der Waals surface area contributed by atoms with E-state index in [0.717, 1.165) is 29.4 Å². The first kappa shape index (κ1) is 21.9. The number of fused-ring (bicyclic) bond motifs is 1. The molecule has 0 spiro atoms. The quantitative estimate of drug-likeness (QED) is 0.432. The number of hydrogen-bond acceptors (Lipinski definition) is 5. The van der Waals surface area contributed by atoms with E-state index in [1.165, 1.54) is 6.07 Å². The second-order valence-electron chi connectivity index (χ2n) is 7.68. The van der Waals surface area contributed by atoms with Crippen molar-refractivity contribution in [2.75, 3.05) is 13.7 Å². The van der Waals surface area contributed by atoms with Crippen molar-refractivity contribution < 1.29 is 32.2 Å². The van der Waals surface area contributed by atoms with Crippen molar-refractivity contribution in [3.8, 4) is 17.2 Å². The average Bonchev–Trinajstić information content (AvgIpc) is 3.56. The van der Waals surface area contributed by atoms with Gasteiger partial charge < -0.3 is 23.5 Å². The highest BCUT2D eigenvalue weighted by Crippen LogP contribution is 2.36. The SMILES string of the molecule is CCOc1cc(CN(C(=O)c2oc3ccc(OC)cc3c2C)C2CC2)ccc1OC(F)F. The number of methoxy groups -OCH3 is 1. The Kier molecular flexibility index (Phi) is 6.21. The number of carbonyl (C=O) groups is 1. The summed E-state index contributed by atoms with van der Waals surface area (Å²) in [6.45, 7) is 1.28. The molecule has 1 saturated carbocycles. The maximum Gasteiger partial charge on any atom is 0.387 e. The summed E-state index contributed by atoms with van der Waals surface area (Å²) in [6, 6.07) is 10.3. The second-order valence-corrected chi connectivity index (χ2v) is 7.68. The molecular formula is C24H25F2NO5. The van der Waals surface area contributed by atoms with Gasteiger partial charge >= 0.3 is 6.61 Å². The van der Waals surface area contributed by atoms with Crippen molar-refractivity contribution in [1.29, 1.82) is 0 Å². The van der Waals surface area contributed by atoms with Gasteiger partial charge in [0, 0.05) is 23.5 Å². The summed E-state index contributed by atoms with van der Waals surface area (Å²) in [5, 5.41) is 0.829. The molecule has 1 heterocycles. The van der Waals surface area contributed by atoms with Crippen LogP contribution < -0.4 is 14.2 Å². The molecule has 4 rings (SSSR count). The highest BCUT2D eigenvalue weighted by molar-refractivity contribution is 5.99. The van der Waals surface area contributed by atoms with Gasteiger partial charge in [0.2, 0.25) is 0 Å². The van der Waals surface area contributed by atoms with Gasteiger partial charge in [-0.05, 0) is 62.6 Å². The van der Waals surface area contributed by atoms with E-state index in [2.05, 4.69) is 4.74 Å². The Bertz CT molecular complexity index is 1120. The van der Waals surface area contributed by atoms with Crippen LogP contribution in [-0.2, 0) is 6.54 Å². The highest BCUT2D eigenvalue weighted by Gasteiger charge is 2.35. The summed E-state index contributed by atoms with van der Waals surface area (Å²) in [6.07, 6.45) is 1.81. The van der Waals surface area contributed by atoms with Gasteiger partial charge in [-0.25, -0.2) is 0 Å². The number of aryl methyl sites for hydroxylation is 1. The number of benzene rings is 2. The first-order valence-corrected chi connectivity index (χ1v) is 10.5. The minimum absolute atomic E-state index is 0.0306. The number of furan rings is 1. The molecule has 2 aromatic carbocycles. The number of hydrogen-bond donors (Lipinski definition) is 0. The fourth-order valence-corrected chi connectivity index (χ4v) is 3.72. The van der Waals surface area contributed by atoms with E-state index >= 15 is 0 Å². The normalized spacial score (nSPS) is 13.4. The molecule has 3 aromatic rings. The van der Waals surface area contributed by atoms with E-state index in [-0.39, 0.29) is 23.4 Å². The molecule has 0 radical (unpaired) electrons. The van der Waals surface area contributed by atoms with E-state index in [0.29, 0.717) is 30.2 Å².